The fourth-order valence-corrected chi connectivity index (χ4v) is 5.30. The van der Waals surface area contributed by atoms with Gasteiger partial charge in [-0.2, -0.15) is 4.98 Å². The van der Waals surface area contributed by atoms with Gasteiger partial charge < -0.3 is 15.4 Å². The molecule has 0 atom stereocenters. The Balaban J connectivity index is 1.35. The van der Waals surface area contributed by atoms with E-state index in [9.17, 15) is 9.59 Å². The van der Waals surface area contributed by atoms with E-state index in [1.54, 1.807) is 42.0 Å². The van der Waals surface area contributed by atoms with Crippen LogP contribution < -0.4 is 20.9 Å². The van der Waals surface area contributed by atoms with Crippen molar-refractivity contribution in [1.82, 2.24) is 19.9 Å². The first kappa shape index (κ1) is 26.4. The van der Waals surface area contributed by atoms with Crippen LogP contribution in [0.4, 0.5) is 5.95 Å². The highest BCUT2D eigenvalue weighted by molar-refractivity contribution is 5.94. The summed E-state index contributed by atoms with van der Waals surface area (Å²) in [5, 5.41) is 7.16. The van der Waals surface area contributed by atoms with E-state index in [0.29, 0.717) is 41.9 Å². The van der Waals surface area contributed by atoms with Gasteiger partial charge in [0.1, 0.15) is 5.75 Å². The van der Waals surface area contributed by atoms with Crippen molar-refractivity contribution in [3.05, 3.63) is 87.8 Å². The highest BCUT2D eigenvalue weighted by Crippen LogP contribution is 2.23. The molecule has 0 radical (unpaired) electrons. The summed E-state index contributed by atoms with van der Waals surface area (Å²) >= 11 is 0. The van der Waals surface area contributed by atoms with Crippen LogP contribution in [0.15, 0.2) is 65.5 Å². The van der Waals surface area contributed by atoms with Gasteiger partial charge in [0.25, 0.3) is 11.5 Å². The third kappa shape index (κ3) is 6.11. The summed E-state index contributed by atoms with van der Waals surface area (Å²) < 4.78 is 7.01. The number of hydrogen-bond donors (Lipinski definition) is 2. The zero-order valence-corrected chi connectivity index (χ0v) is 22.6. The van der Waals surface area contributed by atoms with Gasteiger partial charge >= 0.3 is 0 Å². The molecule has 8 nitrogen and oxygen atoms in total. The molecule has 0 bridgehead atoms. The molecule has 2 aromatic carbocycles. The van der Waals surface area contributed by atoms with E-state index < -0.39 is 0 Å². The summed E-state index contributed by atoms with van der Waals surface area (Å²) in [7, 11) is 1.66. The number of benzene rings is 2. The first-order chi connectivity index (χ1) is 19.0. The quantitative estimate of drug-likeness (QED) is 0.317. The van der Waals surface area contributed by atoms with Gasteiger partial charge in [0.15, 0.2) is 5.65 Å². The Morgan fingerprint density at radius 1 is 1.00 bits per heavy atom. The van der Waals surface area contributed by atoms with E-state index in [1.807, 2.05) is 31.2 Å². The van der Waals surface area contributed by atoms with Gasteiger partial charge in [-0.15, -0.1) is 0 Å². The van der Waals surface area contributed by atoms with E-state index >= 15 is 0 Å². The lowest BCUT2D eigenvalue weighted by molar-refractivity contribution is 0.0943. The number of fused-ring (bicyclic) bond motifs is 1. The Labute approximate surface area is 228 Å². The Morgan fingerprint density at radius 3 is 2.54 bits per heavy atom. The Bertz CT molecular complexity index is 1510. The molecule has 0 saturated heterocycles. The second-order valence-corrected chi connectivity index (χ2v) is 10.1. The van der Waals surface area contributed by atoms with Crippen molar-refractivity contribution >= 4 is 22.9 Å². The average Bonchev–Trinajstić information content (AvgIpc) is 2.97. The third-order valence-corrected chi connectivity index (χ3v) is 7.47. The van der Waals surface area contributed by atoms with Crippen LogP contribution in [-0.2, 0) is 6.42 Å². The van der Waals surface area contributed by atoms with Crippen LogP contribution >= 0.6 is 0 Å². The average molecular weight is 526 g/mol. The minimum atomic E-state index is -0.199. The second kappa shape index (κ2) is 12.1. The molecule has 0 aliphatic heterocycles. The molecule has 2 N–H and O–H groups in total. The first-order valence-corrected chi connectivity index (χ1v) is 13.7. The van der Waals surface area contributed by atoms with Crippen molar-refractivity contribution in [2.24, 2.45) is 5.92 Å². The fourth-order valence-electron chi connectivity index (χ4n) is 5.30. The highest BCUT2D eigenvalue weighted by Gasteiger charge is 2.16. The topological polar surface area (TPSA) is 98.1 Å². The molecular formula is C31H35N5O3. The lowest BCUT2D eigenvalue weighted by Crippen LogP contribution is -2.30. The number of aryl methyl sites for hydroxylation is 1. The summed E-state index contributed by atoms with van der Waals surface area (Å²) in [5.74, 6) is 1.77. The molecule has 1 aliphatic carbocycles. The van der Waals surface area contributed by atoms with Crippen LogP contribution in [0.2, 0.25) is 0 Å². The predicted molar refractivity (Wildman–Crippen MR) is 154 cm³/mol. The lowest BCUT2D eigenvalue weighted by atomic mass is 9.89. The van der Waals surface area contributed by atoms with E-state index in [2.05, 4.69) is 15.6 Å². The maximum atomic E-state index is 13.0. The number of anilines is 1. The number of hydrogen-bond acceptors (Lipinski definition) is 6. The number of ether oxygens (including phenoxy) is 1. The van der Waals surface area contributed by atoms with Gasteiger partial charge in [-0.05, 0) is 74.1 Å². The number of aromatic nitrogens is 3. The van der Waals surface area contributed by atoms with E-state index in [1.165, 1.54) is 38.2 Å². The minimum Gasteiger partial charge on any atom is -0.496 e. The molecule has 0 spiro atoms. The second-order valence-electron chi connectivity index (χ2n) is 10.1. The van der Waals surface area contributed by atoms with Crippen LogP contribution in [0, 0.1) is 12.8 Å². The molecule has 39 heavy (non-hydrogen) atoms. The molecule has 5 rings (SSSR count). The van der Waals surface area contributed by atoms with Crippen molar-refractivity contribution in [3.63, 3.8) is 0 Å². The Kier molecular flexibility index (Phi) is 8.20. The van der Waals surface area contributed by atoms with Gasteiger partial charge in [0, 0.05) is 30.1 Å². The van der Waals surface area contributed by atoms with Gasteiger partial charge in [-0.3, -0.25) is 14.2 Å². The number of rotatable bonds is 9. The number of carbonyl (C=O) groups is 1. The lowest BCUT2D eigenvalue weighted by Gasteiger charge is -2.21. The van der Waals surface area contributed by atoms with Gasteiger partial charge in [-0.25, -0.2) is 4.98 Å². The Hall–Kier alpha value is -4.20. The largest absolute Gasteiger partial charge is 0.496 e. The van der Waals surface area contributed by atoms with E-state index in [0.717, 1.165) is 28.8 Å². The monoisotopic (exact) mass is 525 g/mol. The zero-order chi connectivity index (χ0) is 27.2. The molecule has 1 aliphatic rings. The number of methoxy groups -OCH3 is 1. The molecule has 4 aromatic rings. The maximum absolute atomic E-state index is 13.0. The molecule has 1 fully saturated rings. The molecule has 0 unspecified atom stereocenters. The minimum absolute atomic E-state index is 0.0860. The van der Waals surface area contributed by atoms with Crippen LogP contribution in [0.3, 0.4) is 0 Å². The number of carbonyl (C=O) groups excluding carboxylic acids is 1. The van der Waals surface area contributed by atoms with Gasteiger partial charge in [0.05, 0.1) is 18.5 Å². The standard InChI is InChI=1S/C31H35N5O3/c1-21-26-16-17-28(37)36(25-14-12-24(13-15-25)30(38)33-20-22-8-4-3-5-9-22)29(26)35-31(34-21)32-19-18-23-10-6-7-11-27(23)39-2/h6-7,10-17,22H,3-5,8-9,18-20H2,1-2H3,(H,33,38)(H,32,34,35). The molecular weight excluding hydrogens is 490 g/mol. The van der Waals surface area contributed by atoms with Crippen LogP contribution in [0.5, 0.6) is 5.75 Å². The molecule has 2 aromatic heterocycles. The van der Waals surface area contributed by atoms with Crippen molar-refractivity contribution in [2.45, 2.75) is 45.4 Å². The first-order valence-electron chi connectivity index (χ1n) is 13.7. The van der Waals surface area contributed by atoms with Crippen LogP contribution in [0.25, 0.3) is 16.7 Å². The van der Waals surface area contributed by atoms with Crippen molar-refractivity contribution in [1.29, 1.82) is 0 Å². The van der Waals surface area contributed by atoms with E-state index in [4.69, 9.17) is 9.72 Å². The summed E-state index contributed by atoms with van der Waals surface area (Å²) in [6, 6.07) is 18.3. The van der Waals surface area contributed by atoms with Crippen LogP contribution in [-0.4, -0.2) is 40.6 Å². The SMILES string of the molecule is COc1ccccc1CCNc1nc(C)c2ccc(=O)n(-c3ccc(C(=O)NCC4CCCCC4)cc3)c2n1. The summed E-state index contributed by atoms with van der Waals surface area (Å²) in [5.41, 5.74) is 3.40. The van der Waals surface area contributed by atoms with Crippen molar-refractivity contribution in [2.75, 3.05) is 25.5 Å². The summed E-state index contributed by atoms with van der Waals surface area (Å²) in [6.45, 7) is 3.23. The number of nitrogens with one attached hydrogen (secondary N) is 2. The molecule has 202 valence electrons. The van der Waals surface area contributed by atoms with Crippen molar-refractivity contribution < 1.29 is 9.53 Å². The summed E-state index contributed by atoms with van der Waals surface area (Å²) in [4.78, 5) is 35.1. The third-order valence-electron chi connectivity index (χ3n) is 7.47. The number of nitrogens with zero attached hydrogens (tertiary/aromatic N) is 3. The number of para-hydroxylation sites is 1. The highest BCUT2D eigenvalue weighted by atomic mass is 16.5. The summed E-state index contributed by atoms with van der Waals surface area (Å²) in [6.07, 6.45) is 6.89. The van der Waals surface area contributed by atoms with E-state index in [-0.39, 0.29) is 11.5 Å². The van der Waals surface area contributed by atoms with Gasteiger partial charge in [-0.1, -0.05) is 37.5 Å². The van der Waals surface area contributed by atoms with Gasteiger partial charge in [0.2, 0.25) is 5.95 Å². The Morgan fingerprint density at radius 2 is 1.77 bits per heavy atom. The normalized spacial score (nSPS) is 13.8. The fraction of sp³-hybridized carbons (Fsp3) is 0.355. The predicted octanol–water partition coefficient (Wildman–Crippen LogP) is 5.06. The molecule has 1 saturated carbocycles. The molecule has 8 heteroatoms. The maximum Gasteiger partial charge on any atom is 0.256 e. The van der Waals surface area contributed by atoms with Crippen molar-refractivity contribution in [3.8, 4) is 11.4 Å². The van der Waals surface area contributed by atoms with Crippen LogP contribution in [0.1, 0.15) is 53.7 Å². The number of amides is 1. The molecule has 2 heterocycles. The smallest absolute Gasteiger partial charge is 0.256 e. The molecule has 1 amide bonds. The number of pyridine rings is 1. The zero-order valence-electron chi connectivity index (χ0n) is 22.6.